The van der Waals surface area contributed by atoms with Crippen LogP contribution in [0.15, 0.2) is 91.0 Å². The van der Waals surface area contributed by atoms with Crippen LogP contribution < -0.4 is 24.3 Å². The zero-order valence-electron chi connectivity index (χ0n) is 23.3. The number of methoxy groups -OCH3 is 2. The zero-order chi connectivity index (χ0) is 29.5. The summed E-state index contributed by atoms with van der Waals surface area (Å²) >= 11 is 6.13. The van der Waals surface area contributed by atoms with Crippen LogP contribution in [0.25, 0.3) is 0 Å². The first-order chi connectivity index (χ1) is 20.4. The first-order valence-corrected chi connectivity index (χ1v) is 13.8. The van der Waals surface area contributed by atoms with Gasteiger partial charge in [-0.3, -0.25) is 9.59 Å². The molecule has 5 rings (SSSR count). The third kappa shape index (κ3) is 6.78. The van der Waals surface area contributed by atoms with Crippen molar-refractivity contribution in [1.29, 1.82) is 0 Å². The number of halogens is 1. The Morgan fingerprint density at radius 2 is 1.52 bits per heavy atom. The molecule has 2 amide bonds. The van der Waals surface area contributed by atoms with Crippen molar-refractivity contribution in [2.75, 3.05) is 21.0 Å². The highest BCUT2D eigenvalue weighted by Crippen LogP contribution is 2.33. The van der Waals surface area contributed by atoms with Crippen LogP contribution in [0.4, 0.5) is 0 Å². The average Bonchev–Trinajstić information content (AvgIpc) is 3.49. The summed E-state index contributed by atoms with van der Waals surface area (Å²) in [6.45, 7) is 0.612. The van der Waals surface area contributed by atoms with Gasteiger partial charge < -0.3 is 29.2 Å². The lowest BCUT2D eigenvalue weighted by atomic mass is 10.0. The molecule has 42 heavy (non-hydrogen) atoms. The van der Waals surface area contributed by atoms with Gasteiger partial charge in [0.2, 0.25) is 18.6 Å². The first kappa shape index (κ1) is 28.8. The van der Waals surface area contributed by atoms with Crippen molar-refractivity contribution in [2.24, 2.45) is 0 Å². The van der Waals surface area contributed by atoms with E-state index < -0.39 is 6.04 Å². The Hall–Kier alpha value is -4.69. The van der Waals surface area contributed by atoms with Crippen LogP contribution in [0.1, 0.15) is 28.3 Å². The van der Waals surface area contributed by atoms with Gasteiger partial charge in [-0.05, 0) is 58.7 Å². The number of nitrogens with zero attached hydrogens (tertiary/aromatic N) is 1. The number of carbonyl (C=O) groups is 2. The minimum atomic E-state index is -0.900. The molecule has 1 atom stereocenters. The molecular formula is C33H31ClN2O6. The van der Waals surface area contributed by atoms with Crippen molar-refractivity contribution in [3.63, 3.8) is 0 Å². The molecule has 1 heterocycles. The van der Waals surface area contributed by atoms with Gasteiger partial charge in [-0.25, -0.2) is 0 Å². The molecule has 216 valence electrons. The second-order valence-corrected chi connectivity index (χ2v) is 10.2. The predicted octanol–water partition coefficient (Wildman–Crippen LogP) is 5.71. The minimum absolute atomic E-state index is 0.0483. The number of fused-ring (bicyclic) bond motifs is 1. The molecule has 1 aliphatic rings. The highest BCUT2D eigenvalue weighted by atomic mass is 35.5. The van der Waals surface area contributed by atoms with Crippen molar-refractivity contribution in [3.8, 4) is 23.0 Å². The summed E-state index contributed by atoms with van der Waals surface area (Å²) in [6.07, 6.45) is 0.0483. The lowest BCUT2D eigenvalue weighted by Gasteiger charge is -2.32. The fourth-order valence-electron chi connectivity index (χ4n) is 4.82. The van der Waals surface area contributed by atoms with E-state index in [1.807, 2.05) is 66.7 Å². The van der Waals surface area contributed by atoms with Crippen molar-refractivity contribution in [2.45, 2.75) is 25.6 Å². The monoisotopic (exact) mass is 586 g/mol. The molecule has 0 saturated heterocycles. The van der Waals surface area contributed by atoms with Gasteiger partial charge in [0.1, 0.15) is 6.04 Å². The van der Waals surface area contributed by atoms with E-state index in [0.717, 1.165) is 16.7 Å². The summed E-state index contributed by atoms with van der Waals surface area (Å²) in [7, 11) is 3.11. The SMILES string of the molecule is COc1ccc(CC(=O)N(Cc2ccc(Cl)cc2)[C@H](C(=O)NCc2ccc3c(c2)OCO3)c2ccccc2)cc1OC. The molecule has 0 saturated carbocycles. The Morgan fingerprint density at radius 1 is 0.833 bits per heavy atom. The molecule has 1 N–H and O–H groups in total. The Labute approximate surface area is 249 Å². The number of rotatable bonds is 11. The van der Waals surface area contributed by atoms with Gasteiger partial charge in [0.25, 0.3) is 0 Å². The lowest BCUT2D eigenvalue weighted by molar-refractivity contribution is -0.141. The molecule has 0 bridgehead atoms. The van der Waals surface area contributed by atoms with E-state index in [2.05, 4.69) is 5.32 Å². The average molecular weight is 587 g/mol. The molecule has 0 unspecified atom stereocenters. The quantitative estimate of drug-likeness (QED) is 0.242. The normalized spacial score (nSPS) is 12.4. The van der Waals surface area contributed by atoms with Crippen molar-refractivity contribution in [3.05, 3.63) is 118 Å². The Kier molecular flexibility index (Phi) is 9.14. The maximum Gasteiger partial charge on any atom is 0.247 e. The number of hydrogen-bond donors (Lipinski definition) is 1. The molecule has 9 heteroatoms. The number of ether oxygens (including phenoxy) is 4. The highest BCUT2D eigenvalue weighted by molar-refractivity contribution is 6.30. The third-order valence-electron chi connectivity index (χ3n) is 6.97. The van der Waals surface area contributed by atoms with Crippen molar-refractivity contribution >= 4 is 23.4 Å². The molecule has 0 fully saturated rings. The maximum atomic E-state index is 14.1. The second-order valence-electron chi connectivity index (χ2n) is 9.73. The zero-order valence-corrected chi connectivity index (χ0v) is 24.1. The summed E-state index contributed by atoms with van der Waals surface area (Å²) in [6, 6.07) is 26.5. The predicted molar refractivity (Wildman–Crippen MR) is 159 cm³/mol. The van der Waals surface area contributed by atoms with Crippen molar-refractivity contribution < 1.29 is 28.5 Å². The summed E-state index contributed by atoms with van der Waals surface area (Å²) < 4.78 is 21.7. The number of amides is 2. The molecule has 1 aliphatic heterocycles. The van der Waals surface area contributed by atoms with Gasteiger partial charge in [0.15, 0.2) is 23.0 Å². The van der Waals surface area contributed by atoms with Crippen molar-refractivity contribution in [1.82, 2.24) is 10.2 Å². The van der Waals surface area contributed by atoms with Crippen LogP contribution in [0, 0.1) is 0 Å². The molecular weight excluding hydrogens is 556 g/mol. The van der Waals surface area contributed by atoms with E-state index in [1.54, 1.807) is 43.4 Å². The maximum absolute atomic E-state index is 14.1. The Balaban J connectivity index is 1.45. The van der Waals surface area contributed by atoms with Gasteiger partial charge in [-0.1, -0.05) is 66.2 Å². The summed E-state index contributed by atoms with van der Waals surface area (Å²) in [5.41, 5.74) is 3.10. The van der Waals surface area contributed by atoms with Crippen LogP contribution in [0.3, 0.4) is 0 Å². The largest absolute Gasteiger partial charge is 0.493 e. The standard InChI is InChI=1S/C33H31ClN2O6/c1-39-27-14-10-23(16-29(27)40-2)18-31(37)36(20-22-8-12-26(34)13-9-22)32(25-6-4-3-5-7-25)33(38)35-19-24-11-15-28-30(17-24)42-21-41-28/h3-17,32H,18-21H2,1-2H3,(H,35,38)/t32-/m0/s1. The van der Waals surface area contributed by atoms with E-state index in [-0.39, 0.29) is 38.1 Å². The van der Waals surface area contributed by atoms with E-state index in [1.165, 1.54) is 0 Å². The van der Waals surface area contributed by atoms with Crippen LogP contribution in [-0.4, -0.2) is 37.7 Å². The van der Waals surface area contributed by atoms with E-state index >= 15 is 0 Å². The van der Waals surface area contributed by atoms with Gasteiger partial charge in [-0.2, -0.15) is 0 Å². The molecule has 0 spiro atoms. The van der Waals surface area contributed by atoms with Gasteiger partial charge in [-0.15, -0.1) is 0 Å². The Bertz CT molecular complexity index is 1540. The van der Waals surface area contributed by atoms with E-state index in [0.29, 0.717) is 33.6 Å². The fraction of sp³-hybridized carbons (Fsp3) is 0.212. The van der Waals surface area contributed by atoms with Crippen LogP contribution >= 0.6 is 11.6 Å². The van der Waals surface area contributed by atoms with Crippen LogP contribution in [0.5, 0.6) is 23.0 Å². The highest BCUT2D eigenvalue weighted by Gasteiger charge is 2.32. The van der Waals surface area contributed by atoms with Crippen LogP contribution in [-0.2, 0) is 29.1 Å². The lowest BCUT2D eigenvalue weighted by Crippen LogP contribution is -2.43. The molecule has 0 aliphatic carbocycles. The first-order valence-electron chi connectivity index (χ1n) is 13.4. The molecule has 4 aromatic carbocycles. The minimum Gasteiger partial charge on any atom is -0.493 e. The summed E-state index contributed by atoms with van der Waals surface area (Å²) in [4.78, 5) is 29.6. The van der Waals surface area contributed by atoms with E-state index in [9.17, 15) is 9.59 Å². The Morgan fingerprint density at radius 3 is 2.26 bits per heavy atom. The number of nitrogens with one attached hydrogen (secondary N) is 1. The number of benzene rings is 4. The smallest absolute Gasteiger partial charge is 0.247 e. The number of hydrogen-bond acceptors (Lipinski definition) is 6. The molecule has 0 radical (unpaired) electrons. The molecule has 8 nitrogen and oxygen atoms in total. The van der Waals surface area contributed by atoms with Gasteiger partial charge >= 0.3 is 0 Å². The third-order valence-corrected chi connectivity index (χ3v) is 7.22. The summed E-state index contributed by atoms with van der Waals surface area (Å²) in [5.74, 6) is 1.85. The van der Waals surface area contributed by atoms with Gasteiger partial charge in [0, 0.05) is 18.1 Å². The van der Waals surface area contributed by atoms with Gasteiger partial charge in [0.05, 0.1) is 20.6 Å². The fourth-order valence-corrected chi connectivity index (χ4v) is 4.95. The van der Waals surface area contributed by atoms with E-state index in [4.69, 9.17) is 30.5 Å². The van der Waals surface area contributed by atoms with Crippen LogP contribution in [0.2, 0.25) is 5.02 Å². The topological polar surface area (TPSA) is 86.3 Å². The second kappa shape index (κ2) is 13.3. The molecule has 4 aromatic rings. The number of carbonyl (C=O) groups excluding carboxylic acids is 2. The molecule has 0 aromatic heterocycles. The summed E-state index contributed by atoms with van der Waals surface area (Å²) in [5, 5.41) is 3.62.